The van der Waals surface area contributed by atoms with E-state index in [0.717, 1.165) is 18.9 Å². The summed E-state index contributed by atoms with van der Waals surface area (Å²) in [4.78, 5) is 0. The van der Waals surface area contributed by atoms with Gasteiger partial charge in [-0.05, 0) is 42.4 Å². The maximum atomic E-state index is 9.39. The van der Waals surface area contributed by atoms with Gasteiger partial charge >= 0.3 is 0 Å². The van der Waals surface area contributed by atoms with E-state index >= 15 is 0 Å². The van der Waals surface area contributed by atoms with Gasteiger partial charge in [-0.25, -0.2) is 0 Å². The van der Waals surface area contributed by atoms with Gasteiger partial charge in [0.2, 0.25) is 0 Å². The van der Waals surface area contributed by atoms with Crippen LogP contribution < -0.4 is 5.32 Å². The second kappa shape index (κ2) is 5.94. The monoisotopic (exact) mass is 283 g/mol. The molecule has 2 rings (SSSR count). The van der Waals surface area contributed by atoms with Gasteiger partial charge in [0, 0.05) is 18.7 Å². The molecule has 0 aromatic rings. The van der Waals surface area contributed by atoms with Crippen molar-refractivity contribution in [1.82, 2.24) is 5.32 Å². The van der Waals surface area contributed by atoms with Crippen LogP contribution in [0, 0.1) is 16.7 Å². The van der Waals surface area contributed by atoms with Crippen molar-refractivity contribution in [3.8, 4) is 0 Å². The fourth-order valence-corrected chi connectivity index (χ4v) is 4.43. The van der Waals surface area contributed by atoms with Gasteiger partial charge in [-0.2, -0.15) is 0 Å². The largest absolute Gasteiger partial charge is 0.395 e. The molecule has 0 amide bonds. The lowest BCUT2D eigenvalue weighted by Crippen LogP contribution is -2.40. The third-order valence-corrected chi connectivity index (χ3v) is 6.29. The Hall–Kier alpha value is -0.120. The Labute approximate surface area is 124 Å². The van der Waals surface area contributed by atoms with Gasteiger partial charge in [0.05, 0.1) is 12.7 Å². The minimum Gasteiger partial charge on any atom is -0.395 e. The topological polar surface area (TPSA) is 41.5 Å². The van der Waals surface area contributed by atoms with E-state index in [4.69, 9.17) is 4.74 Å². The Morgan fingerprint density at radius 1 is 1.30 bits per heavy atom. The van der Waals surface area contributed by atoms with E-state index in [9.17, 15) is 5.11 Å². The van der Waals surface area contributed by atoms with Crippen LogP contribution in [-0.4, -0.2) is 36.5 Å². The average Bonchev–Trinajstić information content (AvgIpc) is 2.70. The van der Waals surface area contributed by atoms with E-state index in [1.165, 1.54) is 19.3 Å². The quantitative estimate of drug-likeness (QED) is 0.755. The van der Waals surface area contributed by atoms with Crippen LogP contribution in [0.1, 0.15) is 60.3 Å². The van der Waals surface area contributed by atoms with Crippen LogP contribution in [-0.2, 0) is 4.74 Å². The maximum absolute atomic E-state index is 9.39. The normalized spacial score (nSPS) is 36.8. The number of hydrogen-bond donors (Lipinski definition) is 2. The minimum atomic E-state index is 0.161. The third-order valence-electron chi connectivity index (χ3n) is 6.29. The Kier molecular flexibility index (Phi) is 4.83. The lowest BCUT2D eigenvalue weighted by Gasteiger charge is -2.39. The first-order valence-electron chi connectivity index (χ1n) is 8.29. The number of aliphatic hydroxyl groups is 1. The molecule has 4 atom stereocenters. The molecule has 3 heteroatoms. The maximum Gasteiger partial charge on any atom is 0.0636 e. The summed E-state index contributed by atoms with van der Waals surface area (Å²) < 4.78 is 6.24. The lowest BCUT2D eigenvalue weighted by molar-refractivity contribution is -0.0500. The molecule has 0 aromatic heterocycles. The predicted octanol–water partition coefficient (Wildman–Crippen LogP) is 2.97. The van der Waals surface area contributed by atoms with Crippen LogP contribution in [0.4, 0.5) is 0 Å². The first-order valence-corrected chi connectivity index (χ1v) is 8.29. The summed E-state index contributed by atoms with van der Waals surface area (Å²) in [6, 6.07) is 0.570. The molecular formula is C17H33NO2. The standard InChI is InChI=1S/C17H33NO2/c1-12(2)18-14(11-19)7-9-20-15-10-13-6-8-17(15,5)16(13,3)4/h12-15,18-19H,6-11H2,1-5H3. The number of ether oxygens (including phenoxy) is 1. The van der Waals surface area contributed by atoms with Crippen molar-refractivity contribution in [3.63, 3.8) is 0 Å². The molecule has 0 spiro atoms. The fourth-order valence-electron chi connectivity index (χ4n) is 4.43. The third kappa shape index (κ3) is 2.77. The Bertz CT molecular complexity index is 329. The molecule has 4 unspecified atom stereocenters. The van der Waals surface area contributed by atoms with E-state index < -0.39 is 0 Å². The van der Waals surface area contributed by atoms with Crippen LogP contribution >= 0.6 is 0 Å². The van der Waals surface area contributed by atoms with Crippen molar-refractivity contribution in [2.75, 3.05) is 13.2 Å². The summed E-state index contributed by atoms with van der Waals surface area (Å²) in [5.41, 5.74) is 0.766. The minimum absolute atomic E-state index is 0.161. The molecule has 2 bridgehead atoms. The summed E-state index contributed by atoms with van der Waals surface area (Å²) in [6.45, 7) is 12.4. The molecule has 0 saturated heterocycles. The molecule has 2 fully saturated rings. The van der Waals surface area contributed by atoms with Crippen molar-refractivity contribution in [2.45, 2.75) is 78.5 Å². The molecule has 2 aliphatic rings. The van der Waals surface area contributed by atoms with Crippen LogP contribution in [0.2, 0.25) is 0 Å². The predicted molar refractivity (Wildman–Crippen MR) is 82.7 cm³/mol. The fraction of sp³-hybridized carbons (Fsp3) is 1.00. The highest BCUT2D eigenvalue weighted by Crippen LogP contribution is 2.66. The zero-order valence-electron chi connectivity index (χ0n) is 13.9. The van der Waals surface area contributed by atoms with E-state index in [2.05, 4.69) is 39.9 Å². The van der Waals surface area contributed by atoms with Crippen molar-refractivity contribution in [1.29, 1.82) is 0 Å². The second-order valence-corrected chi connectivity index (χ2v) is 7.96. The molecule has 2 aliphatic carbocycles. The zero-order chi connectivity index (χ0) is 15.0. The van der Waals surface area contributed by atoms with E-state index in [0.29, 0.717) is 23.0 Å². The highest BCUT2D eigenvalue weighted by Gasteiger charge is 2.61. The molecule has 2 saturated carbocycles. The lowest BCUT2D eigenvalue weighted by atomic mass is 9.70. The molecular weight excluding hydrogens is 250 g/mol. The van der Waals surface area contributed by atoms with Gasteiger partial charge in [-0.3, -0.25) is 0 Å². The van der Waals surface area contributed by atoms with Crippen molar-refractivity contribution in [3.05, 3.63) is 0 Å². The summed E-state index contributed by atoms with van der Waals surface area (Å²) >= 11 is 0. The van der Waals surface area contributed by atoms with Crippen molar-refractivity contribution >= 4 is 0 Å². The molecule has 2 N–H and O–H groups in total. The number of aliphatic hydroxyl groups excluding tert-OH is 1. The first-order chi connectivity index (χ1) is 9.31. The van der Waals surface area contributed by atoms with Gasteiger partial charge in [-0.1, -0.05) is 34.6 Å². The summed E-state index contributed by atoms with van der Waals surface area (Å²) in [5, 5.41) is 12.8. The second-order valence-electron chi connectivity index (χ2n) is 7.96. The average molecular weight is 283 g/mol. The Morgan fingerprint density at radius 2 is 2.00 bits per heavy atom. The van der Waals surface area contributed by atoms with Crippen LogP contribution in [0.15, 0.2) is 0 Å². The zero-order valence-corrected chi connectivity index (χ0v) is 13.9. The summed E-state index contributed by atoms with van der Waals surface area (Å²) in [5.74, 6) is 0.833. The molecule has 0 aliphatic heterocycles. The molecule has 0 heterocycles. The highest BCUT2D eigenvalue weighted by atomic mass is 16.5. The van der Waals surface area contributed by atoms with E-state index in [1.807, 2.05) is 0 Å². The number of fused-ring (bicyclic) bond motifs is 2. The smallest absolute Gasteiger partial charge is 0.0636 e. The highest BCUT2D eigenvalue weighted by molar-refractivity contribution is 5.11. The number of rotatable bonds is 7. The van der Waals surface area contributed by atoms with Gasteiger partial charge < -0.3 is 15.2 Å². The molecule has 0 radical (unpaired) electrons. The molecule has 0 aromatic carbocycles. The number of nitrogens with one attached hydrogen (secondary N) is 1. The molecule has 118 valence electrons. The Morgan fingerprint density at radius 3 is 2.45 bits per heavy atom. The molecule has 3 nitrogen and oxygen atoms in total. The van der Waals surface area contributed by atoms with Gasteiger partial charge in [-0.15, -0.1) is 0 Å². The van der Waals surface area contributed by atoms with E-state index in [1.54, 1.807) is 0 Å². The number of hydrogen-bond acceptors (Lipinski definition) is 3. The van der Waals surface area contributed by atoms with Crippen molar-refractivity contribution in [2.24, 2.45) is 16.7 Å². The van der Waals surface area contributed by atoms with Crippen molar-refractivity contribution < 1.29 is 9.84 Å². The van der Waals surface area contributed by atoms with Gasteiger partial charge in [0.1, 0.15) is 0 Å². The first kappa shape index (κ1) is 16.3. The van der Waals surface area contributed by atoms with Gasteiger partial charge in [0.15, 0.2) is 0 Å². The van der Waals surface area contributed by atoms with Crippen LogP contribution in [0.25, 0.3) is 0 Å². The van der Waals surface area contributed by atoms with Gasteiger partial charge in [0.25, 0.3) is 0 Å². The van der Waals surface area contributed by atoms with Crippen LogP contribution in [0.3, 0.4) is 0 Å². The Balaban J connectivity index is 1.81. The SMILES string of the molecule is CC(C)NC(CO)CCOC1CC2CCC1(C)C2(C)C. The van der Waals surface area contributed by atoms with Crippen LogP contribution in [0.5, 0.6) is 0 Å². The summed E-state index contributed by atoms with van der Waals surface area (Å²) in [6.07, 6.45) is 5.22. The summed E-state index contributed by atoms with van der Waals surface area (Å²) in [7, 11) is 0. The molecule has 20 heavy (non-hydrogen) atoms. The van der Waals surface area contributed by atoms with E-state index in [-0.39, 0.29) is 12.6 Å².